The zero-order valence-corrected chi connectivity index (χ0v) is 18.3. The molecule has 162 valence electrons. The van der Waals surface area contributed by atoms with Gasteiger partial charge in [0.15, 0.2) is 5.96 Å². The molecule has 2 atom stereocenters. The van der Waals surface area contributed by atoms with Gasteiger partial charge in [-0.1, -0.05) is 6.07 Å². The summed E-state index contributed by atoms with van der Waals surface area (Å²) in [6, 6.07) is 7.58. The number of rotatable bonds is 6. The molecule has 29 heavy (non-hydrogen) atoms. The highest BCUT2D eigenvalue weighted by atomic mass is 16.6. The predicted molar refractivity (Wildman–Crippen MR) is 114 cm³/mol. The number of guanidine groups is 1. The highest BCUT2D eigenvalue weighted by Crippen LogP contribution is 2.20. The van der Waals surface area contributed by atoms with E-state index in [-0.39, 0.29) is 18.2 Å². The Morgan fingerprint density at radius 2 is 2.07 bits per heavy atom. The minimum absolute atomic E-state index is 0.0360. The molecule has 2 rings (SSSR count). The fourth-order valence-electron chi connectivity index (χ4n) is 3.06. The minimum Gasteiger partial charge on any atom is -0.497 e. The normalized spacial score (nSPS) is 18.2. The molecule has 1 fully saturated rings. The maximum absolute atomic E-state index is 12.0. The number of hydrogen-bond acceptors (Lipinski definition) is 5. The van der Waals surface area contributed by atoms with Crippen LogP contribution in [0.1, 0.15) is 34.1 Å². The second kappa shape index (κ2) is 10.2. The van der Waals surface area contributed by atoms with Crippen LogP contribution in [0.25, 0.3) is 0 Å². The van der Waals surface area contributed by atoms with Crippen LogP contribution in [0.2, 0.25) is 0 Å². The molecule has 1 saturated heterocycles. The van der Waals surface area contributed by atoms with E-state index in [1.807, 2.05) is 52.0 Å². The number of hydrogen-bond donors (Lipinski definition) is 2. The lowest BCUT2D eigenvalue weighted by Gasteiger charge is -2.24. The molecular weight excluding hydrogens is 372 g/mol. The quantitative estimate of drug-likeness (QED) is 0.558. The molecule has 8 heteroatoms. The van der Waals surface area contributed by atoms with Crippen molar-refractivity contribution < 1.29 is 19.0 Å². The summed E-state index contributed by atoms with van der Waals surface area (Å²) in [5.74, 6) is 2.31. The van der Waals surface area contributed by atoms with Crippen LogP contribution >= 0.6 is 0 Å². The van der Waals surface area contributed by atoms with Crippen LogP contribution in [0.15, 0.2) is 29.3 Å². The fraction of sp³-hybridized carbons (Fsp3) is 0.619. The van der Waals surface area contributed by atoms with E-state index in [0.29, 0.717) is 13.1 Å². The summed E-state index contributed by atoms with van der Waals surface area (Å²) in [7, 11) is 3.39. The van der Waals surface area contributed by atoms with Crippen molar-refractivity contribution in [2.45, 2.75) is 51.9 Å². The average molecular weight is 407 g/mol. The van der Waals surface area contributed by atoms with E-state index in [1.165, 1.54) is 0 Å². The lowest BCUT2D eigenvalue weighted by atomic mass is 10.2. The van der Waals surface area contributed by atoms with Crippen LogP contribution in [0.4, 0.5) is 4.79 Å². The Bertz CT molecular complexity index is 702. The summed E-state index contributed by atoms with van der Waals surface area (Å²) in [4.78, 5) is 18.5. The molecule has 0 bridgehead atoms. The monoisotopic (exact) mass is 406 g/mol. The number of amides is 1. The Kier molecular flexibility index (Phi) is 7.99. The van der Waals surface area contributed by atoms with E-state index in [4.69, 9.17) is 14.2 Å². The van der Waals surface area contributed by atoms with Gasteiger partial charge >= 0.3 is 6.09 Å². The Balaban J connectivity index is 1.79. The van der Waals surface area contributed by atoms with Crippen molar-refractivity contribution in [3.8, 4) is 11.5 Å². The zero-order valence-electron chi connectivity index (χ0n) is 18.3. The summed E-state index contributed by atoms with van der Waals surface area (Å²) in [6.07, 6.45) is 0.403. The Hall–Kier alpha value is -2.64. The van der Waals surface area contributed by atoms with Crippen LogP contribution in [0.3, 0.4) is 0 Å². The molecule has 0 radical (unpaired) electrons. The number of nitrogens with one attached hydrogen (secondary N) is 2. The third kappa shape index (κ3) is 7.71. The van der Waals surface area contributed by atoms with E-state index in [2.05, 4.69) is 20.5 Å². The molecule has 1 amide bonds. The van der Waals surface area contributed by atoms with E-state index >= 15 is 0 Å². The number of alkyl carbamates (subject to hydrolysis) is 1. The molecule has 0 saturated carbocycles. The van der Waals surface area contributed by atoms with Crippen molar-refractivity contribution >= 4 is 12.1 Å². The van der Waals surface area contributed by atoms with Crippen molar-refractivity contribution in [2.75, 3.05) is 33.8 Å². The van der Waals surface area contributed by atoms with Crippen LogP contribution in [0.5, 0.6) is 11.5 Å². The predicted octanol–water partition coefficient (Wildman–Crippen LogP) is 2.64. The average Bonchev–Trinajstić information content (AvgIpc) is 3.08. The van der Waals surface area contributed by atoms with Crippen LogP contribution < -0.4 is 20.1 Å². The van der Waals surface area contributed by atoms with Crippen LogP contribution in [0, 0.1) is 0 Å². The van der Waals surface area contributed by atoms with Gasteiger partial charge in [-0.15, -0.1) is 0 Å². The molecule has 1 aromatic rings. The first kappa shape index (κ1) is 22.6. The van der Waals surface area contributed by atoms with Gasteiger partial charge in [-0.05, 0) is 46.2 Å². The van der Waals surface area contributed by atoms with Crippen LogP contribution in [-0.2, 0) is 4.74 Å². The van der Waals surface area contributed by atoms with E-state index < -0.39 is 5.60 Å². The summed E-state index contributed by atoms with van der Waals surface area (Å²) in [5.41, 5.74) is -0.501. The molecular formula is C21H34N4O4. The maximum atomic E-state index is 12.0. The molecule has 1 aromatic carbocycles. The molecule has 2 unspecified atom stereocenters. The molecule has 0 aromatic heterocycles. The smallest absolute Gasteiger partial charge is 0.407 e. The third-order valence-corrected chi connectivity index (χ3v) is 4.35. The summed E-state index contributed by atoms with van der Waals surface area (Å²) < 4.78 is 16.5. The van der Waals surface area contributed by atoms with Gasteiger partial charge < -0.3 is 29.7 Å². The molecule has 1 aliphatic heterocycles. The Labute approximate surface area is 173 Å². The van der Waals surface area contributed by atoms with Gasteiger partial charge in [-0.3, -0.25) is 4.99 Å². The van der Waals surface area contributed by atoms with E-state index in [0.717, 1.165) is 30.4 Å². The number of carbonyl (C=O) groups excluding carboxylic acids is 1. The lowest BCUT2D eigenvalue weighted by Crippen LogP contribution is -2.46. The van der Waals surface area contributed by atoms with Crippen molar-refractivity contribution in [2.24, 2.45) is 4.99 Å². The SMILES string of the molecule is CN=C(NCC(C)Oc1cccc(OC)c1)N1CCC(NC(=O)OC(C)(C)C)C1. The van der Waals surface area contributed by atoms with Gasteiger partial charge in [0.1, 0.15) is 23.2 Å². The summed E-state index contributed by atoms with van der Waals surface area (Å²) in [6.45, 7) is 9.66. The highest BCUT2D eigenvalue weighted by molar-refractivity contribution is 5.80. The molecule has 1 heterocycles. The first-order chi connectivity index (χ1) is 13.7. The number of aliphatic imine (C=N–C) groups is 1. The largest absolute Gasteiger partial charge is 0.497 e. The number of likely N-dealkylation sites (tertiary alicyclic amines) is 1. The van der Waals surface area contributed by atoms with Crippen molar-refractivity contribution in [3.63, 3.8) is 0 Å². The number of nitrogens with zero attached hydrogens (tertiary/aromatic N) is 2. The lowest BCUT2D eigenvalue weighted by molar-refractivity contribution is 0.0507. The van der Waals surface area contributed by atoms with Gasteiger partial charge in [0.2, 0.25) is 0 Å². The van der Waals surface area contributed by atoms with Crippen molar-refractivity contribution in [1.82, 2.24) is 15.5 Å². The Morgan fingerprint density at radius 1 is 1.34 bits per heavy atom. The summed E-state index contributed by atoms with van der Waals surface area (Å²) >= 11 is 0. The minimum atomic E-state index is -0.501. The second-order valence-electron chi connectivity index (χ2n) is 8.11. The maximum Gasteiger partial charge on any atom is 0.407 e. The topological polar surface area (TPSA) is 84.4 Å². The Morgan fingerprint density at radius 3 is 2.72 bits per heavy atom. The van der Waals surface area contributed by atoms with Gasteiger partial charge in [-0.2, -0.15) is 0 Å². The first-order valence-corrected chi connectivity index (χ1v) is 9.96. The van der Waals surface area contributed by atoms with Crippen molar-refractivity contribution in [1.29, 1.82) is 0 Å². The third-order valence-electron chi connectivity index (χ3n) is 4.35. The highest BCUT2D eigenvalue weighted by Gasteiger charge is 2.28. The molecule has 0 aliphatic carbocycles. The number of carbonyl (C=O) groups is 1. The van der Waals surface area contributed by atoms with Crippen molar-refractivity contribution in [3.05, 3.63) is 24.3 Å². The van der Waals surface area contributed by atoms with Gasteiger partial charge in [0, 0.05) is 26.2 Å². The van der Waals surface area contributed by atoms with Gasteiger partial charge in [0.25, 0.3) is 0 Å². The van der Waals surface area contributed by atoms with Gasteiger partial charge in [-0.25, -0.2) is 4.79 Å². The molecule has 1 aliphatic rings. The standard InChI is InChI=1S/C21H34N4O4/c1-15(28-18-9-7-8-17(12-18)27-6)13-23-19(22-5)25-11-10-16(14-25)24-20(26)29-21(2,3)4/h7-9,12,15-16H,10-11,13-14H2,1-6H3,(H,22,23)(H,24,26). The van der Waals surface area contributed by atoms with Gasteiger partial charge in [0.05, 0.1) is 19.7 Å². The molecule has 0 spiro atoms. The fourth-order valence-corrected chi connectivity index (χ4v) is 3.06. The van der Waals surface area contributed by atoms with Crippen LogP contribution in [-0.4, -0.2) is 68.5 Å². The van der Waals surface area contributed by atoms with E-state index in [1.54, 1.807) is 14.2 Å². The number of ether oxygens (including phenoxy) is 3. The number of benzene rings is 1. The van der Waals surface area contributed by atoms with E-state index in [9.17, 15) is 4.79 Å². The number of methoxy groups -OCH3 is 1. The molecule has 8 nitrogen and oxygen atoms in total. The first-order valence-electron chi connectivity index (χ1n) is 9.96. The molecule has 2 N–H and O–H groups in total. The summed E-state index contributed by atoms with van der Waals surface area (Å²) in [5, 5.41) is 6.28. The second-order valence-corrected chi connectivity index (χ2v) is 8.11. The zero-order chi connectivity index (χ0) is 21.4.